The maximum Gasteiger partial charge on any atom is 0.423 e. The van der Waals surface area contributed by atoms with Gasteiger partial charge in [-0.05, 0) is 17.5 Å². The van der Waals surface area contributed by atoms with Crippen LogP contribution in [0, 0.1) is 0 Å². The number of carbonyl (C=O) groups excluding carboxylic acids is 1. The van der Waals surface area contributed by atoms with E-state index >= 15 is 0 Å². The number of alkyl halides is 3. The highest BCUT2D eigenvalue weighted by atomic mass is 19.4. The van der Waals surface area contributed by atoms with Gasteiger partial charge >= 0.3 is 6.18 Å². The Morgan fingerprint density at radius 1 is 0.958 bits per heavy atom. The molecule has 0 aliphatic heterocycles. The van der Waals surface area contributed by atoms with Gasteiger partial charge in [0.15, 0.2) is 0 Å². The van der Waals surface area contributed by atoms with Crippen LogP contribution in [-0.4, -0.2) is 23.7 Å². The van der Waals surface area contributed by atoms with E-state index in [-0.39, 0.29) is 12.0 Å². The molecule has 0 spiro atoms. The number of hydrogen-bond acceptors (Lipinski definition) is 2. The number of aliphatic hydroxyl groups is 1. The van der Waals surface area contributed by atoms with Crippen LogP contribution in [0.3, 0.4) is 0 Å². The lowest BCUT2D eigenvalue weighted by atomic mass is 9.93. The number of rotatable bonds is 6. The van der Waals surface area contributed by atoms with E-state index in [9.17, 15) is 23.1 Å². The Hall–Kier alpha value is -2.34. The van der Waals surface area contributed by atoms with E-state index < -0.39 is 24.2 Å². The third-order valence-electron chi connectivity index (χ3n) is 3.75. The first kappa shape index (κ1) is 18.0. The minimum atomic E-state index is -4.90. The summed E-state index contributed by atoms with van der Waals surface area (Å²) in [4.78, 5) is 11.8. The van der Waals surface area contributed by atoms with E-state index in [0.29, 0.717) is 6.42 Å². The molecule has 0 aliphatic carbocycles. The van der Waals surface area contributed by atoms with Crippen molar-refractivity contribution in [3.63, 3.8) is 0 Å². The molecule has 0 bridgehead atoms. The van der Waals surface area contributed by atoms with Crippen LogP contribution in [-0.2, 0) is 16.8 Å². The second-order valence-electron chi connectivity index (χ2n) is 5.49. The maximum atomic E-state index is 13.3. The Labute approximate surface area is 138 Å². The number of nitrogens with one attached hydrogen (secondary N) is 1. The summed E-state index contributed by atoms with van der Waals surface area (Å²) in [5.41, 5.74) is -2.50. The number of amides is 1. The quantitative estimate of drug-likeness (QED) is 0.850. The fraction of sp³-hybridized carbons (Fsp3) is 0.278. The van der Waals surface area contributed by atoms with Crippen LogP contribution in [0.5, 0.6) is 0 Å². The van der Waals surface area contributed by atoms with Gasteiger partial charge in [-0.15, -0.1) is 0 Å². The summed E-state index contributed by atoms with van der Waals surface area (Å²) in [5, 5.41) is 12.3. The van der Waals surface area contributed by atoms with Gasteiger partial charge in [-0.1, -0.05) is 60.7 Å². The third kappa shape index (κ3) is 4.35. The van der Waals surface area contributed by atoms with E-state index in [4.69, 9.17) is 0 Å². The fourth-order valence-electron chi connectivity index (χ4n) is 2.30. The van der Waals surface area contributed by atoms with Crippen LogP contribution in [0.1, 0.15) is 17.5 Å². The first-order valence-corrected chi connectivity index (χ1v) is 7.48. The number of carbonyl (C=O) groups is 1. The second-order valence-corrected chi connectivity index (χ2v) is 5.49. The molecular weight excluding hydrogens is 319 g/mol. The largest absolute Gasteiger partial charge is 0.423 e. The average Bonchev–Trinajstić information content (AvgIpc) is 2.58. The predicted molar refractivity (Wildman–Crippen MR) is 84.2 cm³/mol. The van der Waals surface area contributed by atoms with Crippen molar-refractivity contribution >= 4 is 5.91 Å². The summed E-state index contributed by atoms with van der Waals surface area (Å²) in [6.07, 6.45) is -4.43. The zero-order valence-corrected chi connectivity index (χ0v) is 12.9. The third-order valence-corrected chi connectivity index (χ3v) is 3.75. The molecule has 2 aromatic rings. The minimum absolute atomic E-state index is 0.0484. The molecule has 1 amide bonds. The first-order valence-electron chi connectivity index (χ1n) is 7.48. The summed E-state index contributed by atoms with van der Waals surface area (Å²) < 4.78 is 39.9. The predicted octanol–water partition coefficient (Wildman–Crippen LogP) is 3.19. The number of aryl methyl sites for hydroxylation is 1. The van der Waals surface area contributed by atoms with Crippen molar-refractivity contribution in [1.29, 1.82) is 0 Å². The highest BCUT2D eigenvalue weighted by molar-refractivity contribution is 5.76. The number of halogens is 3. The fourth-order valence-corrected chi connectivity index (χ4v) is 2.30. The van der Waals surface area contributed by atoms with Gasteiger partial charge in [0.1, 0.15) is 0 Å². The molecule has 3 nitrogen and oxygen atoms in total. The van der Waals surface area contributed by atoms with E-state index in [1.807, 2.05) is 30.3 Å². The Morgan fingerprint density at radius 2 is 1.50 bits per heavy atom. The van der Waals surface area contributed by atoms with E-state index in [1.54, 1.807) is 6.07 Å². The molecule has 24 heavy (non-hydrogen) atoms. The highest BCUT2D eigenvalue weighted by Crippen LogP contribution is 2.38. The second kappa shape index (κ2) is 7.49. The molecule has 0 unspecified atom stereocenters. The zero-order valence-electron chi connectivity index (χ0n) is 12.9. The number of benzene rings is 2. The Kier molecular flexibility index (Phi) is 5.62. The van der Waals surface area contributed by atoms with E-state index in [1.165, 1.54) is 24.3 Å². The molecule has 0 saturated heterocycles. The molecule has 0 fully saturated rings. The van der Waals surface area contributed by atoms with Gasteiger partial charge in [-0.3, -0.25) is 4.79 Å². The van der Waals surface area contributed by atoms with Crippen LogP contribution >= 0.6 is 0 Å². The summed E-state index contributed by atoms with van der Waals surface area (Å²) >= 11 is 0. The normalized spacial score (nSPS) is 14.0. The van der Waals surface area contributed by atoms with Gasteiger partial charge in [-0.2, -0.15) is 13.2 Å². The van der Waals surface area contributed by atoms with Crippen LogP contribution in [0.2, 0.25) is 0 Å². The topological polar surface area (TPSA) is 49.3 Å². The molecule has 6 heteroatoms. The molecule has 0 heterocycles. The number of hydrogen-bond donors (Lipinski definition) is 2. The molecule has 2 rings (SSSR count). The smallest absolute Gasteiger partial charge is 0.375 e. The minimum Gasteiger partial charge on any atom is -0.375 e. The van der Waals surface area contributed by atoms with Crippen molar-refractivity contribution in [3.8, 4) is 0 Å². The van der Waals surface area contributed by atoms with Crippen molar-refractivity contribution in [2.75, 3.05) is 6.54 Å². The first-order chi connectivity index (χ1) is 11.3. The van der Waals surface area contributed by atoms with Crippen molar-refractivity contribution in [2.24, 2.45) is 0 Å². The lowest BCUT2D eigenvalue weighted by molar-refractivity contribution is -0.264. The van der Waals surface area contributed by atoms with Gasteiger partial charge < -0.3 is 10.4 Å². The molecule has 2 aromatic carbocycles. The molecule has 0 saturated carbocycles. The molecular formula is C18H18F3NO2. The Balaban J connectivity index is 1.99. The molecule has 128 valence electrons. The van der Waals surface area contributed by atoms with Gasteiger partial charge in [-0.25, -0.2) is 0 Å². The lowest BCUT2D eigenvalue weighted by Crippen LogP contribution is -2.51. The maximum absolute atomic E-state index is 13.3. The van der Waals surface area contributed by atoms with Crippen molar-refractivity contribution < 1.29 is 23.1 Å². The van der Waals surface area contributed by atoms with Gasteiger partial charge in [0.2, 0.25) is 11.5 Å². The summed E-state index contributed by atoms with van der Waals surface area (Å²) in [7, 11) is 0. The summed E-state index contributed by atoms with van der Waals surface area (Å²) in [6.45, 7) is -0.922. The molecule has 1 atom stereocenters. The van der Waals surface area contributed by atoms with E-state index in [0.717, 1.165) is 5.56 Å². The average molecular weight is 337 g/mol. The molecule has 2 N–H and O–H groups in total. The lowest BCUT2D eigenvalue weighted by Gasteiger charge is -2.31. The van der Waals surface area contributed by atoms with Gasteiger partial charge in [0, 0.05) is 6.42 Å². The van der Waals surface area contributed by atoms with Gasteiger partial charge in [0.25, 0.3) is 0 Å². The molecule has 0 radical (unpaired) electrons. The van der Waals surface area contributed by atoms with Crippen LogP contribution < -0.4 is 5.32 Å². The highest BCUT2D eigenvalue weighted by Gasteiger charge is 2.55. The summed E-state index contributed by atoms with van der Waals surface area (Å²) in [6, 6.07) is 15.9. The Bertz CT molecular complexity index is 659. The van der Waals surface area contributed by atoms with Crippen molar-refractivity contribution in [2.45, 2.75) is 24.6 Å². The van der Waals surface area contributed by atoms with Gasteiger partial charge in [0.05, 0.1) is 6.54 Å². The molecule has 0 aliphatic rings. The zero-order chi connectivity index (χ0) is 17.6. The van der Waals surface area contributed by atoms with E-state index in [2.05, 4.69) is 5.32 Å². The summed E-state index contributed by atoms with van der Waals surface area (Å²) in [5.74, 6) is -0.544. The standard InChI is InChI=1S/C18H18F3NO2/c19-18(20,21)17(24,15-9-5-2-6-10-15)13-22-16(23)12-11-14-7-3-1-4-8-14/h1-10,24H,11-13H2,(H,22,23)/t17-/m0/s1. The van der Waals surface area contributed by atoms with Crippen LogP contribution in [0.25, 0.3) is 0 Å². The Morgan fingerprint density at radius 3 is 2.04 bits per heavy atom. The molecule has 0 aromatic heterocycles. The monoisotopic (exact) mass is 337 g/mol. The van der Waals surface area contributed by atoms with Crippen LogP contribution in [0.4, 0.5) is 13.2 Å². The van der Waals surface area contributed by atoms with Crippen molar-refractivity contribution in [3.05, 3.63) is 71.8 Å². The SMILES string of the molecule is O=C(CCc1ccccc1)NC[C@](O)(c1ccccc1)C(F)(F)F. The van der Waals surface area contributed by atoms with Crippen LogP contribution in [0.15, 0.2) is 60.7 Å². The van der Waals surface area contributed by atoms with Crippen molar-refractivity contribution in [1.82, 2.24) is 5.32 Å².